The Balaban J connectivity index is 2.09. The van der Waals surface area contributed by atoms with Gasteiger partial charge in [0, 0.05) is 10.7 Å². The van der Waals surface area contributed by atoms with Crippen molar-refractivity contribution in [2.75, 3.05) is 19.5 Å². The van der Waals surface area contributed by atoms with E-state index in [1.807, 2.05) is 24.3 Å². The molecule has 0 spiro atoms. The summed E-state index contributed by atoms with van der Waals surface area (Å²) in [5.74, 6) is 0. The standard InChI is InChI=1S/C18H17BrO3S/c1-23(20,21)17-8-4-14(5-9-17)18(15-10-11-22-12-15)13-2-6-16(19)7-3-13/h2-9H,10-12H2,1H3/b18-15+. The van der Waals surface area contributed by atoms with E-state index in [-0.39, 0.29) is 0 Å². The molecule has 2 aromatic rings. The first-order chi connectivity index (χ1) is 10.9. The number of sulfone groups is 1. The Labute approximate surface area is 145 Å². The van der Waals surface area contributed by atoms with E-state index in [1.165, 1.54) is 11.8 Å². The molecule has 1 saturated heterocycles. The molecule has 1 aliphatic rings. The molecule has 0 unspecified atom stereocenters. The molecule has 3 nitrogen and oxygen atoms in total. The van der Waals surface area contributed by atoms with E-state index in [1.54, 1.807) is 12.1 Å². The molecule has 1 heterocycles. The normalized spacial score (nSPS) is 17.3. The lowest BCUT2D eigenvalue weighted by atomic mass is 9.92. The quantitative estimate of drug-likeness (QED) is 0.790. The highest BCUT2D eigenvalue weighted by Crippen LogP contribution is 2.32. The molecular weight excluding hydrogens is 376 g/mol. The maximum absolute atomic E-state index is 11.6. The summed E-state index contributed by atoms with van der Waals surface area (Å²) in [6.45, 7) is 1.36. The predicted octanol–water partition coefficient (Wildman–Crippen LogP) is 4.07. The first kappa shape index (κ1) is 16.4. The van der Waals surface area contributed by atoms with Crippen LogP contribution in [0.1, 0.15) is 17.5 Å². The summed E-state index contributed by atoms with van der Waals surface area (Å²) in [6, 6.07) is 15.2. The highest BCUT2D eigenvalue weighted by Gasteiger charge is 2.17. The Morgan fingerprint density at radius 3 is 2.04 bits per heavy atom. The molecule has 1 aliphatic heterocycles. The molecule has 0 radical (unpaired) electrons. The minimum absolute atomic E-state index is 0.337. The second-order valence-corrected chi connectivity index (χ2v) is 8.52. The Hall–Kier alpha value is -1.43. The lowest BCUT2D eigenvalue weighted by Gasteiger charge is -2.13. The average molecular weight is 393 g/mol. The number of halogens is 1. The maximum atomic E-state index is 11.6. The van der Waals surface area contributed by atoms with Gasteiger partial charge in [0.2, 0.25) is 0 Å². The van der Waals surface area contributed by atoms with Gasteiger partial charge in [-0.1, -0.05) is 40.2 Å². The number of rotatable bonds is 3. The molecule has 5 heteroatoms. The average Bonchev–Trinajstić information content (AvgIpc) is 3.03. The van der Waals surface area contributed by atoms with Crippen molar-refractivity contribution in [3.8, 4) is 0 Å². The smallest absolute Gasteiger partial charge is 0.175 e. The summed E-state index contributed by atoms with van der Waals surface area (Å²) < 4.78 is 29.8. The lowest BCUT2D eigenvalue weighted by molar-refractivity contribution is 0.205. The Morgan fingerprint density at radius 1 is 1.00 bits per heavy atom. The van der Waals surface area contributed by atoms with Gasteiger partial charge in [-0.2, -0.15) is 0 Å². The van der Waals surface area contributed by atoms with Gasteiger partial charge in [0.25, 0.3) is 0 Å². The summed E-state index contributed by atoms with van der Waals surface area (Å²) in [6.07, 6.45) is 2.13. The van der Waals surface area contributed by atoms with Crippen molar-refractivity contribution in [2.24, 2.45) is 0 Å². The molecule has 0 N–H and O–H groups in total. The third-order valence-electron chi connectivity index (χ3n) is 3.88. The molecule has 120 valence electrons. The van der Waals surface area contributed by atoms with Gasteiger partial charge < -0.3 is 4.74 Å². The van der Waals surface area contributed by atoms with Crippen LogP contribution in [0.3, 0.4) is 0 Å². The monoisotopic (exact) mass is 392 g/mol. The molecule has 0 bridgehead atoms. The predicted molar refractivity (Wildman–Crippen MR) is 95.2 cm³/mol. The number of ether oxygens (including phenoxy) is 1. The van der Waals surface area contributed by atoms with E-state index in [2.05, 4.69) is 28.1 Å². The fourth-order valence-electron chi connectivity index (χ4n) is 2.72. The third kappa shape index (κ3) is 3.74. The molecule has 23 heavy (non-hydrogen) atoms. The molecule has 0 aliphatic carbocycles. The zero-order valence-electron chi connectivity index (χ0n) is 12.8. The second kappa shape index (κ2) is 6.59. The second-order valence-electron chi connectivity index (χ2n) is 5.58. The zero-order chi connectivity index (χ0) is 16.4. The Kier molecular flexibility index (Phi) is 4.71. The van der Waals surface area contributed by atoms with Crippen molar-refractivity contribution in [2.45, 2.75) is 11.3 Å². The van der Waals surface area contributed by atoms with Gasteiger partial charge in [0.15, 0.2) is 9.84 Å². The van der Waals surface area contributed by atoms with Crippen molar-refractivity contribution in [1.29, 1.82) is 0 Å². The van der Waals surface area contributed by atoms with Crippen LogP contribution in [0.25, 0.3) is 5.57 Å². The summed E-state index contributed by atoms with van der Waals surface area (Å²) >= 11 is 3.46. The van der Waals surface area contributed by atoms with Crippen LogP contribution in [0.2, 0.25) is 0 Å². The highest BCUT2D eigenvalue weighted by molar-refractivity contribution is 9.10. The van der Waals surface area contributed by atoms with E-state index >= 15 is 0 Å². The summed E-state index contributed by atoms with van der Waals surface area (Å²) in [5, 5.41) is 0. The van der Waals surface area contributed by atoms with Crippen LogP contribution in [0.15, 0.2) is 63.5 Å². The third-order valence-corrected chi connectivity index (χ3v) is 5.54. The Bertz CT molecular complexity index is 827. The van der Waals surface area contributed by atoms with Gasteiger partial charge in [-0.3, -0.25) is 0 Å². The highest BCUT2D eigenvalue weighted by atomic mass is 79.9. The topological polar surface area (TPSA) is 43.4 Å². The van der Waals surface area contributed by atoms with E-state index < -0.39 is 9.84 Å². The molecule has 2 aromatic carbocycles. The van der Waals surface area contributed by atoms with Gasteiger partial charge in [-0.05, 0) is 53.0 Å². The molecule has 0 atom stereocenters. The van der Waals surface area contributed by atoms with Gasteiger partial charge in [0.05, 0.1) is 18.1 Å². The van der Waals surface area contributed by atoms with E-state index in [4.69, 9.17) is 4.74 Å². The molecule has 0 aromatic heterocycles. The molecular formula is C18H17BrO3S. The lowest BCUT2D eigenvalue weighted by Crippen LogP contribution is -1.99. The van der Waals surface area contributed by atoms with Crippen LogP contribution in [0, 0.1) is 0 Å². The van der Waals surface area contributed by atoms with E-state index in [9.17, 15) is 8.42 Å². The largest absolute Gasteiger partial charge is 0.377 e. The van der Waals surface area contributed by atoms with Crippen LogP contribution in [-0.4, -0.2) is 27.9 Å². The number of hydrogen-bond donors (Lipinski definition) is 0. The van der Waals surface area contributed by atoms with Crippen LogP contribution in [0.5, 0.6) is 0 Å². The van der Waals surface area contributed by atoms with Crippen LogP contribution < -0.4 is 0 Å². The molecule has 1 fully saturated rings. The van der Waals surface area contributed by atoms with Crippen LogP contribution >= 0.6 is 15.9 Å². The number of benzene rings is 2. The van der Waals surface area contributed by atoms with E-state index in [0.29, 0.717) is 11.5 Å². The first-order valence-electron chi connectivity index (χ1n) is 7.31. The van der Waals surface area contributed by atoms with Crippen molar-refractivity contribution < 1.29 is 13.2 Å². The Morgan fingerprint density at radius 2 is 1.57 bits per heavy atom. The summed E-state index contributed by atoms with van der Waals surface area (Å²) in [5.41, 5.74) is 4.51. The zero-order valence-corrected chi connectivity index (χ0v) is 15.2. The molecule has 0 amide bonds. The summed E-state index contributed by atoms with van der Waals surface area (Å²) in [7, 11) is -3.18. The van der Waals surface area contributed by atoms with Gasteiger partial charge in [-0.15, -0.1) is 0 Å². The minimum atomic E-state index is -3.18. The van der Waals surface area contributed by atoms with E-state index in [0.717, 1.165) is 34.2 Å². The molecule has 3 rings (SSSR count). The van der Waals surface area contributed by atoms with Crippen molar-refractivity contribution in [3.63, 3.8) is 0 Å². The van der Waals surface area contributed by atoms with Crippen molar-refractivity contribution in [3.05, 3.63) is 69.7 Å². The van der Waals surface area contributed by atoms with Gasteiger partial charge in [0.1, 0.15) is 0 Å². The van der Waals surface area contributed by atoms with Crippen LogP contribution in [-0.2, 0) is 14.6 Å². The SMILES string of the molecule is CS(=O)(=O)c1ccc(/C(=C2\CCOC2)c2ccc(Br)cc2)cc1. The van der Waals surface area contributed by atoms with Crippen molar-refractivity contribution >= 4 is 31.3 Å². The fourth-order valence-corrected chi connectivity index (χ4v) is 3.62. The first-order valence-corrected chi connectivity index (χ1v) is 10.00. The fraction of sp³-hybridized carbons (Fsp3) is 0.222. The minimum Gasteiger partial charge on any atom is -0.377 e. The van der Waals surface area contributed by atoms with Crippen molar-refractivity contribution in [1.82, 2.24) is 0 Å². The van der Waals surface area contributed by atoms with Gasteiger partial charge >= 0.3 is 0 Å². The maximum Gasteiger partial charge on any atom is 0.175 e. The number of hydrogen-bond acceptors (Lipinski definition) is 3. The molecule has 0 saturated carbocycles. The van der Waals surface area contributed by atoms with Gasteiger partial charge in [-0.25, -0.2) is 8.42 Å². The van der Waals surface area contributed by atoms with Crippen LogP contribution in [0.4, 0.5) is 0 Å². The summed E-state index contributed by atoms with van der Waals surface area (Å²) in [4.78, 5) is 0.337.